The quantitative estimate of drug-likeness (QED) is 0.667. The topological polar surface area (TPSA) is 54.3 Å². The molecular weight excluding hydrogens is 304 g/mol. The maximum absolute atomic E-state index is 9.58. The van der Waals surface area contributed by atoms with Gasteiger partial charge in [-0.1, -0.05) is 18.0 Å². The van der Waals surface area contributed by atoms with Gasteiger partial charge < -0.3 is 14.7 Å². The summed E-state index contributed by atoms with van der Waals surface area (Å²) in [5, 5.41) is 13.3. The first kappa shape index (κ1) is 15.8. The monoisotopic (exact) mass is 330 g/mol. The molecule has 1 aromatic rings. The molecule has 3 unspecified atom stereocenters. The normalized spacial score (nSPS) is 31.1. The van der Waals surface area contributed by atoms with E-state index in [-0.39, 0.29) is 0 Å². The summed E-state index contributed by atoms with van der Waals surface area (Å²) in [4.78, 5) is 2.66. The van der Waals surface area contributed by atoms with E-state index in [0.29, 0.717) is 18.0 Å². The molecule has 5 heteroatoms. The van der Waals surface area contributed by atoms with Crippen LogP contribution in [0.1, 0.15) is 49.3 Å². The predicted molar refractivity (Wildman–Crippen MR) is 92.3 cm³/mol. The average molecular weight is 330 g/mol. The molecule has 2 heterocycles. The lowest BCUT2D eigenvalue weighted by molar-refractivity contribution is 0.0579. The van der Waals surface area contributed by atoms with Gasteiger partial charge in [0.15, 0.2) is 11.5 Å². The second kappa shape index (κ2) is 6.28. The highest BCUT2D eigenvalue weighted by Crippen LogP contribution is 2.47. The second-order valence-electron chi connectivity index (χ2n) is 7.16. The number of rotatable bonds is 2. The van der Waals surface area contributed by atoms with Gasteiger partial charge in [0.25, 0.3) is 0 Å². The third-order valence-electron chi connectivity index (χ3n) is 6.16. The van der Waals surface area contributed by atoms with Crippen molar-refractivity contribution in [2.24, 2.45) is 11.1 Å². The maximum Gasteiger partial charge on any atom is 0.161 e. The minimum absolute atomic E-state index is 0.291. The molecule has 4 rings (SSSR count). The van der Waals surface area contributed by atoms with Gasteiger partial charge in [0.1, 0.15) is 0 Å². The van der Waals surface area contributed by atoms with Gasteiger partial charge in [0, 0.05) is 31.0 Å². The molecule has 130 valence electrons. The van der Waals surface area contributed by atoms with Crippen LogP contribution in [0.4, 0.5) is 0 Å². The van der Waals surface area contributed by atoms with E-state index in [1.54, 1.807) is 14.2 Å². The highest BCUT2D eigenvalue weighted by molar-refractivity contribution is 5.88. The predicted octanol–water partition coefficient (Wildman–Crippen LogP) is 3.40. The largest absolute Gasteiger partial charge is 0.493 e. The summed E-state index contributed by atoms with van der Waals surface area (Å²) in [5.41, 5.74) is 3.63. The van der Waals surface area contributed by atoms with Crippen LogP contribution in [0.25, 0.3) is 0 Å². The summed E-state index contributed by atoms with van der Waals surface area (Å²) in [6.45, 7) is 1.08. The van der Waals surface area contributed by atoms with Gasteiger partial charge >= 0.3 is 0 Å². The van der Waals surface area contributed by atoms with Crippen LogP contribution in [0.5, 0.6) is 11.5 Å². The van der Waals surface area contributed by atoms with Gasteiger partial charge in [0.05, 0.1) is 19.9 Å². The maximum atomic E-state index is 9.58. The van der Waals surface area contributed by atoms with Gasteiger partial charge in [-0.2, -0.15) is 0 Å². The van der Waals surface area contributed by atoms with Gasteiger partial charge in [0.2, 0.25) is 0 Å². The molecule has 0 spiro atoms. The fourth-order valence-electron chi connectivity index (χ4n) is 5.03. The van der Waals surface area contributed by atoms with Crippen molar-refractivity contribution in [1.82, 2.24) is 4.90 Å². The molecule has 2 aliphatic heterocycles. The first-order valence-corrected chi connectivity index (χ1v) is 8.98. The number of nitrogens with zero attached hydrogens (tertiary/aromatic N) is 2. The van der Waals surface area contributed by atoms with Crippen molar-refractivity contribution in [3.63, 3.8) is 0 Å². The Labute approximate surface area is 143 Å². The van der Waals surface area contributed by atoms with E-state index in [2.05, 4.69) is 22.2 Å². The molecule has 1 aromatic carbocycles. The van der Waals surface area contributed by atoms with Crippen molar-refractivity contribution in [3.05, 3.63) is 23.3 Å². The third-order valence-corrected chi connectivity index (χ3v) is 6.16. The SMILES string of the molecule is COc1cc2c(cc1OC)C1C/C(=N/O)C3CCCCC3N1CC2. The van der Waals surface area contributed by atoms with Crippen LogP contribution in [0.2, 0.25) is 0 Å². The number of methoxy groups -OCH3 is 2. The van der Waals surface area contributed by atoms with Crippen molar-refractivity contribution in [3.8, 4) is 11.5 Å². The smallest absolute Gasteiger partial charge is 0.161 e. The highest BCUT2D eigenvalue weighted by atomic mass is 16.5. The third kappa shape index (κ3) is 2.37. The lowest BCUT2D eigenvalue weighted by atomic mass is 9.72. The standard InChI is InChI=1S/C19H26N2O3/c1-23-18-9-12-7-8-21-16-6-4-3-5-13(16)15(20-22)11-17(21)14(12)10-19(18)24-2/h9-10,13,16-17,22H,3-8,11H2,1-2H3/b20-15-. The fourth-order valence-corrected chi connectivity index (χ4v) is 5.03. The van der Waals surface area contributed by atoms with Crippen LogP contribution in [-0.4, -0.2) is 42.6 Å². The number of piperidine rings is 1. The van der Waals surface area contributed by atoms with Crippen LogP contribution in [0, 0.1) is 5.92 Å². The molecule has 0 radical (unpaired) electrons. The molecule has 24 heavy (non-hydrogen) atoms. The fraction of sp³-hybridized carbons (Fsp3) is 0.632. The summed E-state index contributed by atoms with van der Waals surface area (Å²) < 4.78 is 11.0. The summed E-state index contributed by atoms with van der Waals surface area (Å²) in [6.07, 6.45) is 6.76. The number of ether oxygens (including phenoxy) is 2. The van der Waals surface area contributed by atoms with Crippen molar-refractivity contribution < 1.29 is 14.7 Å². The molecule has 2 fully saturated rings. The Hall–Kier alpha value is -1.75. The lowest BCUT2D eigenvalue weighted by Crippen LogP contribution is -2.54. The molecule has 1 saturated heterocycles. The molecule has 3 aliphatic rings. The molecule has 5 nitrogen and oxygen atoms in total. The van der Waals surface area contributed by atoms with E-state index < -0.39 is 0 Å². The van der Waals surface area contributed by atoms with Gasteiger partial charge in [-0.05, 0) is 42.5 Å². The zero-order valence-corrected chi connectivity index (χ0v) is 14.5. The van der Waals surface area contributed by atoms with E-state index in [9.17, 15) is 5.21 Å². The van der Waals surface area contributed by atoms with E-state index in [1.165, 1.54) is 30.4 Å². The molecular formula is C19H26N2O3. The van der Waals surface area contributed by atoms with Crippen molar-refractivity contribution in [2.45, 2.75) is 50.6 Å². The Morgan fingerprint density at radius 3 is 2.62 bits per heavy atom. The Morgan fingerprint density at radius 1 is 1.12 bits per heavy atom. The summed E-state index contributed by atoms with van der Waals surface area (Å²) in [5.74, 6) is 2.01. The number of fused-ring (bicyclic) bond motifs is 5. The van der Waals surface area contributed by atoms with E-state index in [4.69, 9.17) is 9.47 Å². The van der Waals surface area contributed by atoms with Crippen LogP contribution in [0.3, 0.4) is 0 Å². The van der Waals surface area contributed by atoms with Crippen molar-refractivity contribution in [1.29, 1.82) is 0 Å². The first-order valence-electron chi connectivity index (χ1n) is 8.98. The van der Waals surface area contributed by atoms with Gasteiger partial charge in [-0.3, -0.25) is 4.90 Å². The Bertz CT molecular complexity index is 658. The Morgan fingerprint density at radius 2 is 1.88 bits per heavy atom. The van der Waals surface area contributed by atoms with Crippen LogP contribution in [-0.2, 0) is 6.42 Å². The van der Waals surface area contributed by atoms with Crippen LogP contribution < -0.4 is 9.47 Å². The van der Waals surface area contributed by atoms with Crippen molar-refractivity contribution >= 4 is 5.71 Å². The summed E-state index contributed by atoms with van der Waals surface area (Å²) >= 11 is 0. The molecule has 0 bridgehead atoms. The van der Waals surface area contributed by atoms with E-state index in [0.717, 1.165) is 43.0 Å². The van der Waals surface area contributed by atoms with Gasteiger partial charge in [-0.15, -0.1) is 0 Å². The first-order chi connectivity index (χ1) is 11.8. The van der Waals surface area contributed by atoms with Crippen LogP contribution in [0.15, 0.2) is 17.3 Å². The lowest BCUT2D eigenvalue weighted by Gasteiger charge is -2.51. The van der Waals surface area contributed by atoms with Gasteiger partial charge in [-0.25, -0.2) is 0 Å². The molecule has 1 N–H and O–H groups in total. The minimum atomic E-state index is 0.291. The Balaban J connectivity index is 1.75. The molecule has 1 saturated carbocycles. The number of hydrogen-bond acceptors (Lipinski definition) is 5. The number of benzene rings is 1. The Kier molecular flexibility index (Phi) is 4.12. The highest BCUT2D eigenvalue weighted by Gasteiger charge is 2.44. The minimum Gasteiger partial charge on any atom is -0.493 e. The number of oxime groups is 1. The molecule has 3 atom stereocenters. The second-order valence-corrected chi connectivity index (χ2v) is 7.16. The zero-order valence-electron chi connectivity index (χ0n) is 14.5. The molecule has 0 aromatic heterocycles. The summed E-state index contributed by atoms with van der Waals surface area (Å²) in [6, 6.07) is 5.06. The molecule has 0 amide bonds. The molecule has 1 aliphatic carbocycles. The summed E-state index contributed by atoms with van der Waals surface area (Å²) in [7, 11) is 3.37. The number of hydrogen-bond donors (Lipinski definition) is 1. The zero-order chi connectivity index (χ0) is 16.7. The van der Waals surface area contributed by atoms with Crippen LogP contribution >= 0.6 is 0 Å². The van der Waals surface area contributed by atoms with E-state index in [1.807, 2.05) is 0 Å². The van der Waals surface area contributed by atoms with Crippen molar-refractivity contribution in [2.75, 3.05) is 20.8 Å². The average Bonchev–Trinajstić information content (AvgIpc) is 2.65. The van der Waals surface area contributed by atoms with E-state index >= 15 is 0 Å².